The molecule has 0 aromatic heterocycles. The Morgan fingerprint density at radius 1 is 1.32 bits per heavy atom. The molecule has 1 amide bonds. The lowest BCUT2D eigenvalue weighted by Crippen LogP contribution is -2.52. The van der Waals surface area contributed by atoms with Crippen molar-refractivity contribution in [1.29, 1.82) is 0 Å². The number of hydrogen-bond donors (Lipinski definition) is 0. The van der Waals surface area contributed by atoms with E-state index in [1.165, 1.54) is 11.1 Å². The zero-order valence-electron chi connectivity index (χ0n) is 13.1. The summed E-state index contributed by atoms with van der Waals surface area (Å²) in [7, 11) is 0. The van der Waals surface area contributed by atoms with E-state index in [2.05, 4.69) is 17.9 Å². The molecule has 0 aliphatic carbocycles. The molecule has 3 rings (SSSR count). The highest BCUT2D eigenvalue weighted by Gasteiger charge is 2.31. The Morgan fingerprint density at radius 2 is 2.09 bits per heavy atom. The lowest BCUT2D eigenvalue weighted by Gasteiger charge is -2.38. The summed E-state index contributed by atoms with van der Waals surface area (Å²) in [5.41, 5.74) is 2.39. The van der Waals surface area contributed by atoms with Gasteiger partial charge in [0.15, 0.2) is 0 Å². The number of carbonyl (C=O) groups excluding carboxylic acids is 1. The third kappa shape index (κ3) is 3.14. The van der Waals surface area contributed by atoms with Crippen molar-refractivity contribution in [3.63, 3.8) is 0 Å². The molecule has 0 radical (unpaired) electrons. The number of carbonyl (C=O) groups is 1. The predicted molar refractivity (Wildman–Crippen MR) is 87.0 cm³/mol. The fourth-order valence-electron chi connectivity index (χ4n) is 3.44. The highest BCUT2D eigenvalue weighted by atomic mass is 35.5. The van der Waals surface area contributed by atoms with Gasteiger partial charge in [-0.1, -0.05) is 30.7 Å². The Hall–Kier alpha value is -1.10. The molecule has 5 heteroatoms. The molecule has 4 nitrogen and oxygen atoms in total. The van der Waals surface area contributed by atoms with Gasteiger partial charge in [0.2, 0.25) is 5.91 Å². The zero-order valence-corrected chi connectivity index (χ0v) is 13.8. The third-order valence-corrected chi connectivity index (χ3v) is 5.03. The van der Waals surface area contributed by atoms with Gasteiger partial charge in [-0.15, -0.1) is 0 Å². The molecule has 1 aromatic rings. The monoisotopic (exact) mass is 322 g/mol. The Morgan fingerprint density at radius 3 is 2.82 bits per heavy atom. The number of amides is 1. The van der Waals surface area contributed by atoms with Crippen molar-refractivity contribution < 1.29 is 9.53 Å². The maximum atomic E-state index is 12.9. The van der Waals surface area contributed by atoms with Crippen LogP contribution in [-0.2, 0) is 22.5 Å². The summed E-state index contributed by atoms with van der Waals surface area (Å²) in [6, 6.07) is 5.95. The van der Waals surface area contributed by atoms with Crippen LogP contribution >= 0.6 is 11.6 Å². The van der Waals surface area contributed by atoms with E-state index in [4.69, 9.17) is 16.3 Å². The minimum Gasteiger partial charge on any atom is -0.379 e. The lowest BCUT2D eigenvalue weighted by molar-refractivity contribution is -0.139. The number of fused-ring (bicyclic) bond motifs is 1. The molecular formula is C17H23ClN2O2. The summed E-state index contributed by atoms with van der Waals surface area (Å²) >= 11 is 6.26. The number of halogens is 1. The van der Waals surface area contributed by atoms with Crippen LogP contribution in [0.15, 0.2) is 18.2 Å². The molecule has 120 valence electrons. The lowest BCUT2D eigenvalue weighted by atomic mass is 9.98. The topological polar surface area (TPSA) is 32.8 Å². The van der Waals surface area contributed by atoms with Gasteiger partial charge in [-0.05, 0) is 30.0 Å². The molecule has 1 aromatic carbocycles. The van der Waals surface area contributed by atoms with Crippen LogP contribution in [0, 0.1) is 0 Å². The SMILES string of the molecule is CC[C@H](C(=O)N1CCc2c(Cl)cccc2C1)N1CCOCC1. The normalized spacial score (nSPS) is 20.5. The summed E-state index contributed by atoms with van der Waals surface area (Å²) in [5.74, 6) is 0.245. The van der Waals surface area contributed by atoms with Gasteiger partial charge in [0.05, 0.1) is 19.3 Å². The van der Waals surface area contributed by atoms with Crippen LogP contribution in [0.4, 0.5) is 0 Å². The summed E-state index contributed by atoms with van der Waals surface area (Å²) in [6.45, 7) is 6.67. The van der Waals surface area contributed by atoms with Crippen molar-refractivity contribution in [3.05, 3.63) is 34.3 Å². The standard InChI is InChI=1S/C17H23ClN2O2/c1-2-16(19-8-10-22-11-9-19)17(21)20-7-6-14-13(12-20)4-3-5-15(14)18/h3-5,16H,2,6-12H2,1H3/t16-/m1/s1. The maximum absolute atomic E-state index is 12.9. The predicted octanol–water partition coefficient (Wildman–Crippen LogP) is 2.34. The average molecular weight is 323 g/mol. The maximum Gasteiger partial charge on any atom is 0.240 e. The molecule has 1 saturated heterocycles. The second-order valence-corrected chi connectivity index (χ2v) is 6.37. The molecule has 0 bridgehead atoms. The van der Waals surface area contributed by atoms with E-state index in [0.29, 0.717) is 6.54 Å². The van der Waals surface area contributed by atoms with Crippen molar-refractivity contribution in [3.8, 4) is 0 Å². The minimum atomic E-state index is -0.0235. The second-order valence-electron chi connectivity index (χ2n) is 5.96. The summed E-state index contributed by atoms with van der Waals surface area (Å²) < 4.78 is 5.40. The molecule has 2 aliphatic rings. The van der Waals surface area contributed by atoms with E-state index in [0.717, 1.165) is 50.7 Å². The Kier molecular flexibility index (Phi) is 5.01. The first-order valence-electron chi connectivity index (χ1n) is 8.07. The number of hydrogen-bond acceptors (Lipinski definition) is 3. The van der Waals surface area contributed by atoms with Crippen LogP contribution in [-0.4, -0.2) is 54.6 Å². The Labute approximate surface area is 137 Å². The van der Waals surface area contributed by atoms with Gasteiger partial charge in [-0.25, -0.2) is 0 Å². The van der Waals surface area contributed by atoms with Gasteiger partial charge < -0.3 is 9.64 Å². The smallest absolute Gasteiger partial charge is 0.240 e. The van der Waals surface area contributed by atoms with E-state index < -0.39 is 0 Å². The van der Waals surface area contributed by atoms with Gasteiger partial charge in [0.25, 0.3) is 0 Å². The van der Waals surface area contributed by atoms with Crippen LogP contribution < -0.4 is 0 Å². The minimum absolute atomic E-state index is 0.0235. The fraction of sp³-hybridized carbons (Fsp3) is 0.588. The Balaban J connectivity index is 1.72. The van der Waals surface area contributed by atoms with Crippen molar-refractivity contribution in [2.24, 2.45) is 0 Å². The molecule has 0 saturated carbocycles. The fourth-order valence-corrected chi connectivity index (χ4v) is 3.73. The highest BCUT2D eigenvalue weighted by Crippen LogP contribution is 2.26. The van der Waals surface area contributed by atoms with Crippen LogP contribution in [0.1, 0.15) is 24.5 Å². The number of nitrogens with zero attached hydrogens (tertiary/aromatic N) is 2. The van der Waals surface area contributed by atoms with Crippen molar-refractivity contribution in [1.82, 2.24) is 9.80 Å². The van der Waals surface area contributed by atoms with Crippen LogP contribution in [0.5, 0.6) is 0 Å². The zero-order chi connectivity index (χ0) is 15.5. The van der Waals surface area contributed by atoms with Crippen molar-refractivity contribution >= 4 is 17.5 Å². The van der Waals surface area contributed by atoms with Gasteiger partial charge in [-0.3, -0.25) is 9.69 Å². The number of benzene rings is 1. The van der Waals surface area contributed by atoms with Crippen LogP contribution in [0.2, 0.25) is 5.02 Å². The molecule has 0 unspecified atom stereocenters. The van der Waals surface area contributed by atoms with Gasteiger partial charge in [0, 0.05) is 31.2 Å². The molecule has 1 fully saturated rings. The molecule has 1 atom stereocenters. The van der Waals surface area contributed by atoms with Gasteiger partial charge in [0.1, 0.15) is 0 Å². The molecule has 2 heterocycles. The molecule has 22 heavy (non-hydrogen) atoms. The molecular weight excluding hydrogens is 300 g/mol. The van der Waals surface area contributed by atoms with Crippen LogP contribution in [0.25, 0.3) is 0 Å². The second kappa shape index (κ2) is 6.99. The van der Waals surface area contributed by atoms with E-state index in [1.54, 1.807) is 0 Å². The van der Waals surface area contributed by atoms with E-state index in [9.17, 15) is 4.79 Å². The van der Waals surface area contributed by atoms with E-state index in [1.807, 2.05) is 17.0 Å². The first-order valence-corrected chi connectivity index (χ1v) is 8.45. The highest BCUT2D eigenvalue weighted by molar-refractivity contribution is 6.31. The summed E-state index contributed by atoms with van der Waals surface area (Å²) in [5, 5.41) is 0.824. The first-order chi connectivity index (χ1) is 10.7. The first kappa shape index (κ1) is 15.8. The quantitative estimate of drug-likeness (QED) is 0.856. The molecule has 0 spiro atoms. The number of ether oxygens (including phenoxy) is 1. The van der Waals surface area contributed by atoms with Gasteiger partial charge in [-0.2, -0.15) is 0 Å². The number of rotatable bonds is 3. The molecule has 0 N–H and O–H groups in total. The van der Waals surface area contributed by atoms with Gasteiger partial charge >= 0.3 is 0 Å². The molecule has 2 aliphatic heterocycles. The van der Waals surface area contributed by atoms with E-state index >= 15 is 0 Å². The largest absolute Gasteiger partial charge is 0.379 e. The third-order valence-electron chi connectivity index (χ3n) is 4.68. The Bertz CT molecular complexity index is 543. The number of morpholine rings is 1. The summed E-state index contributed by atoms with van der Waals surface area (Å²) in [4.78, 5) is 17.2. The van der Waals surface area contributed by atoms with Crippen molar-refractivity contribution in [2.45, 2.75) is 32.4 Å². The van der Waals surface area contributed by atoms with Crippen LogP contribution in [0.3, 0.4) is 0 Å². The summed E-state index contributed by atoms with van der Waals surface area (Å²) in [6.07, 6.45) is 1.69. The van der Waals surface area contributed by atoms with E-state index in [-0.39, 0.29) is 11.9 Å². The van der Waals surface area contributed by atoms with Crippen molar-refractivity contribution in [2.75, 3.05) is 32.8 Å². The average Bonchev–Trinajstić information content (AvgIpc) is 2.56.